The number of rotatable bonds is 9. The van der Waals surface area contributed by atoms with Crippen LogP contribution in [0.4, 0.5) is 10.1 Å². The molecule has 0 aliphatic rings. The van der Waals surface area contributed by atoms with E-state index in [4.69, 9.17) is 4.74 Å². The van der Waals surface area contributed by atoms with Crippen LogP contribution < -0.4 is 10.1 Å². The molecule has 1 amide bonds. The number of benzene rings is 1. The average Bonchev–Trinajstić information content (AvgIpc) is 2.50. The second-order valence-corrected chi connectivity index (χ2v) is 5.08. The molecule has 0 saturated carbocycles. The third-order valence-corrected chi connectivity index (χ3v) is 3.77. The Morgan fingerprint density at radius 3 is 2.55 bits per heavy atom. The SMILES string of the molecule is CCC(CC)(CC(=O)Nc1cccc(OCCF)c1)C(=O)O. The van der Waals surface area contributed by atoms with Gasteiger partial charge in [0.05, 0.1) is 5.41 Å². The van der Waals surface area contributed by atoms with Crippen molar-refractivity contribution >= 4 is 17.6 Å². The van der Waals surface area contributed by atoms with Crippen molar-refractivity contribution in [2.45, 2.75) is 33.1 Å². The molecule has 0 unspecified atom stereocenters. The van der Waals surface area contributed by atoms with E-state index >= 15 is 0 Å². The van der Waals surface area contributed by atoms with Crippen LogP contribution in [0.15, 0.2) is 24.3 Å². The standard InChI is InChI=1S/C16H22FNO4/c1-3-16(4-2,15(20)21)11-14(19)18-12-6-5-7-13(10-12)22-9-8-17/h5-7,10H,3-4,8-9,11H2,1-2H3,(H,18,19)(H,20,21). The minimum Gasteiger partial charge on any atom is -0.491 e. The van der Waals surface area contributed by atoms with Crippen molar-refractivity contribution in [3.63, 3.8) is 0 Å². The van der Waals surface area contributed by atoms with E-state index < -0.39 is 18.1 Å². The van der Waals surface area contributed by atoms with Gasteiger partial charge in [-0.2, -0.15) is 0 Å². The van der Waals surface area contributed by atoms with Crippen LogP contribution >= 0.6 is 0 Å². The number of anilines is 1. The van der Waals surface area contributed by atoms with Crippen molar-refractivity contribution < 1.29 is 23.8 Å². The number of carboxylic acids is 1. The Morgan fingerprint density at radius 2 is 2.00 bits per heavy atom. The summed E-state index contributed by atoms with van der Waals surface area (Å²) < 4.78 is 17.2. The lowest BCUT2D eigenvalue weighted by atomic mass is 9.79. The first kappa shape index (κ1) is 17.9. The lowest BCUT2D eigenvalue weighted by Crippen LogP contribution is -2.34. The van der Waals surface area contributed by atoms with E-state index in [0.29, 0.717) is 24.3 Å². The summed E-state index contributed by atoms with van der Waals surface area (Å²) >= 11 is 0. The summed E-state index contributed by atoms with van der Waals surface area (Å²) in [5.41, 5.74) is -0.556. The highest BCUT2D eigenvalue weighted by Crippen LogP contribution is 2.31. The number of amides is 1. The molecule has 1 aromatic carbocycles. The van der Waals surface area contributed by atoms with Gasteiger partial charge in [-0.05, 0) is 25.0 Å². The smallest absolute Gasteiger partial charge is 0.310 e. The number of hydrogen-bond acceptors (Lipinski definition) is 3. The Labute approximate surface area is 129 Å². The predicted molar refractivity (Wildman–Crippen MR) is 81.8 cm³/mol. The Balaban J connectivity index is 2.74. The highest BCUT2D eigenvalue weighted by Gasteiger charge is 2.37. The van der Waals surface area contributed by atoms with E-state index in [0.717, 1.165) is 0 Å². The molecular weight excluding hydrogens is 289 g/mol. The van der Waals surface area contributed by atoms with E-state index in [1.165, 1.54) is 0 Å². The van der Waals surface area contributed by atoms with Gasteiger partial charge < -0.3 is 15.2 Å². The molecule has 122 valence electrons. The molecule has 1 aromatic rings. The van der Waals surface area contributed by atoms with E-state index in [2.05, 4.69) is 5.32 Å². The lowest BCUT2D eigenvalue weighted by Gasteiger charge is -2.25. The highest BCUT2D eigenvalue weighted by molar-refractivity contribution is 5.94. The summed E-state index contributed by atoms with van der Waals surface area (Å²) in [4.78, 5) is 23.5. The van der Waals surface area contributed by atoms with E-state index in [9.17, 15) is 19.1 Å². The minimum absolute atomic E-state index is 0.0504. The van der Waals surface area contributed by atoms with Crippen LogP contribution in [0.3, 0.4) is 0 Å². The van der Waals surface area contributed by atoms with Crippen molar-refractivity contribution in [1.29, 1.82) is 0 Å². The Morgan fingerprint density at radius 1 is 1.32 bits per heavy atom. The molecule has 0 radical (unpaired) electrons. The molecule has 0 fully saturated rings. The summed E-state index contributed by atoms with van der Waals surface area (Å²) in [6, 6.07) is 6.58. The van der Waals surface area contributed by atoms with Gasteiger partial charge >= 0.3 is 5.97 Å². The average molecular weight is 311 g/mol. The molecule has 0 spiro atoms. The second-order valence-electron chi connectivity index (χ2n) is 5.08. The van der Waals surface area contributed by atoms with Crippen molar-refractivity contribution in [1.82, 2.24) is 0 Å². The molecular formula is C16H22FNO4. The maximum atomic E-state index is 12.1. The van der Waals surface area contributed by atoms with Crippen molar-refractivity contribution in [3.8, 4) is 5.75 Å². The molecule has 0 aromatic heterocycles. The highest BCUT2D eigenvalue weighted by atomic mass is 19.1. The fourth-order valence-corrected chi connectivity index (χ4v) is 2.21. The van der Waals surface area contributed by atoms with Gasteiger partial charge in [-0.1, -0.05) is 19.9 Å². The summed E-state index contributed by atoms with van der Waals surface area (Å²) in [5.74, 6) is -0.882. The van der Waals surface area contributed by atoms with Crippen molar-refractivity contribution in [3.05, 3.63) is 24.3 Å². The summed E-state index contributed by atoms with van der Waals surface area (Å²) in [5, 5.41) is 12.0. The molecule has 5 nitrogen and oxygen atoms in total. The fraction of sp³-hybridized carbons (Fsp3) is 0.500. The number of carbonyl (C=O) groups is 2. The van der Waals surface area contributed by atoms with Gasteiger partial charge in [0.2, 0.25) is 5.91 Å². The fourth-order valence-electron chi connectivity index (χ4n) is 2.21. The molecule has 2 N–H and O–H groups in total. The third kappa shape index (κ3) is 4.72. The zero-order valence-electron chi connectivity index (χ0n) is 12.9. The topological polar surface area (TPSA) is 75.6 Å². The van der Waals surface area contributed by atoms with Gasteiger partial charge in [-0.15, -0.1) is 0 Å². The van der Waals surface area contributed by atoms with Gasteiger partial charge in [0.1, 0.15) is 19.0 Å². The van der Waals surface area contributed by atoms with Crippen molar-refractivity contribution in [2.75, 3.05) is 18.6 Å². The largest absolute Gasteiger partial charge is 0.491 e. The monoisotopic (exact) mass is 311 g/mol. The normalized spacial score (nSPS) is 11.0. The molecule has 0 saturated heterocycles. The first-order valence-corrected chi connectivity index (χ1v) is 7.29. The number of alkyl halides is 1. The minimum atomic E-state index is -1.05. The number of hydrogen-bond donors (Lipinski definition) is 2. The molecule has 0 aliphatic carbocycles. The van der Waals surface area contributed by atoms with Crippen LogP contribution in [-0.4, -0.2) is 30.3 Å². The van der Waals surface area contributed by atoms with Gasteiger partial charge in [-0.3, -0.25) is 9.59 Å². The maximum Gasteiger partial charge on any atom is 0.310 e. The molecule has 6 heteroatoms. The molecule has 0 atom stereocenters. The lowest BCUT2D eigenvalue weighted by molar-refractivity contribution is -0.151. The Hall–Kier alpha value is -2.11. The first-order valence-electron chi connectivity index (χ1n) is 7.29. The Kier molecular flexibility index (Phi) is 6.82. The molecule has 0 heterocycles. The number of ether oxygens (including phenoxy) is 1. The van der Waals surface area contributed by atoms with Gasteiger partial charge in [0.15, 0.2) is 0 Å². The molecule has 1 rings (SSSR count). The van der Waals surface area contributed by atoms with Crippen LogP contribution in [0.2, 0.25) is 0 Å². The van der Waals surface area contributed by atoms with Gasteiger partial charge in [-0.25, -0.2) is 4.39 Å². The molecule has 0 bridgehead atoms. The summed E-state index contributed by atoms with van der Waals surface area (Å²) in [6.45, 7) is 2.88. The second kappa shape index (κ2) is 8.36. The van der Waals surface area contributed by atoms with Crippen LogP contribution in [0, 0.1) is 5.41 Å². The number of aliphatic carboxylic acids is 1. The summed E-state index contributed by atoms with van der Waals surface area (Å²) in [6.07, 6.45) is 0.669. The first-order chi connectivity index (χ1) is 10.5. The van der Waals surface area contributed by atoms with Crippen LogP contribution in [0.1, 0.15) is 33.1 Å². The third-order valence-electron chi connectivity index (χ3n) is 3.77. The van der Waals surface area contributed by atoms with Gasteiger partial charge in [0.25, 0.3) is 0 Å². The maximum absolute atomic E-state index is 12.1. The number of nitrogens with one attached hydrogen (secondary N) is 1. The number of carbonyl (C=O) groups excluding carboxylic acids is 1. The van der Waals surface area contributed by atoms with E-state index in [1.54, 1.807) is 38.1 Å². The van der Waals surface area contributed by atoms with Crippen molar-refractivity contribution in [2.24, 2.45) is 5.41 Å². The number of carboxylic acid groups (broad SMARTS) is 1. The molecule has 22 heavy (non-hydrogen) atoms. The quantitative estimate of drug-likeness (QED) is 0.734. The van der Waals surface area contributed by atoms with Crippen LogP contribution in [-0.2, 0) is 9.59 Å². The zero-order valence-corrected chi connectivity index (χ0v) is 12.9. The predicted octanol–water partition coefficient (Wildman–Crippen LogP) is 3.25. The molecule has 0 aliphatic heterocycles. The summed E-state index contributed by atoms with van der Waals surface area (Å²) in [7, 11) is 0. The van der Waals surface area contributed by atoms with E-state index in [-0.39, 0.29) is 18.9 Å². The van der Waals surface area contributed by atoms with E-state index in [1.807, 2.05) is 0 Å². The Bertz CT molecular complexity index is 515. The number of halogens is 1. The van der Waals surface area contributed by atoms with Crippen LogP contribution in [0.5, 0.6) is 5.75 Å². The van der Waals surface area contributed by atoms with Crippen LogP contribution in [0.25, 0.3) is 0 Å². The zero-order chi connectivity index (χ0) is 16.6. The van der Waals surface area contributed by atoms with Gasteiger partial charge in [0, 0.05) is 18.2 Å².